The van der Waals surface area contributed by atoms with Gasteiger partial charge in [0.25, 0.3) is 5.91 Å². The normalized spacial score (nSPS) is 31.3. The molecular formula is C26H30ClNO3. The number of carbonyl (C=O) groups is 1. The molecule has 0 saturated heterocycles. The number of halogens is 1. The van der Waals surface area contributed by atoms with Gasteiger partial charge in [0, 0.05) is 16.6 Å². The zero-order valence-corrected chi connectivity index (χ0v) is 18.9. The molecule has 2 aromatic rings. The molecule has 0 spiro atoms. The van der Waals surface area contributed by atoms with E-state index in [4.69, 9.17) is 16.3 Å². The van der Waals surface area contributed by atoms with Crippen LogP contribution in [0.25, 0.3) is 0 Å². The number of phenolic OH excluding ortho intramolecular Hbond substituents is 1. The minimum atomic E-state index is -0.000124. The van der Waals surface area contributed by atoms with E-state index in [-0.39, 0.29) is 23.1 Å². The molecule has 3 unspecified atom stereocenters. The molecule has 0 aromatic heterocycles. The van der Waals surface area contributed by atoms with Crippen LogP contribution in [0.5, 0.6) is 11.5 Å². The zero-order valence-electron chi connectivity index (χ0n) is 18.2. The highest BCUT2D eigenvalue weighted by Crippen LogP contribution is 2.61. The van der Waals surface area contributed by atoms with Gasteiger partial charge in [0.15, 0.2) is 11.5 Å². The molecule has 0 bridgehead atoms. The Balaban J connectivity index is 1.37. The standard InChI is InChI=1S/C26H30ClNO3/c1-26-12-11-18-19(8-5-16-13-22(29)23(31-2)14-20(16)18)21(26)9-10-24(26)28-25(30)15-3-6-17(27)7-4-15/h3-4,6-7,13-14,18-19,21,24,29H,5,8-12H2,1-2H3,(H,28,30)/t18?,19?,21?,24-,26-/m0/s1. The predicted octanol–water partition coefficient (Wildman–Crippen LogP) is 5.71. The summed E-state index contributed by atoms with van der Waals surface area (Å²) in [6, 6.07) is 11.3. The summed E-state index contributed by atoms with van der Waals surface area (Å²) in [7, 11) is 1.62. The number of hydrogen-bond acceptors (Lipinski definition) is 3. The predicted molar refractivity (Wildman–Crippen MR) is 122 cm³/mol. The van der Waals surface area contributed by atoms with Gasteiger partial charge in [-0.05, 0) is 109 Å². The first-order valence-corrected chi connectivity index (χ1v) is 11.7. The maximum atomic E-state index is 12.9. The van der Waals surface area contributed by atoms with E-state index in [1.165, 1.54) is 11.1 Å². The van der Waals surface area contributed by atoms with Crippen molar-refractivity contribution in [3.8, 4) is 11.5 Å². The number of ether oxygens (including phenoxy) is 1. The van der Waals surface area contributed by atoms with E-state index >= 15 is 0 Å². The average molecular weight is 440 g/mol. The van der Waals surface area contributed by atoms with Gasteiger partial charge >= 0.3 is 0 Å². The summed E-state index contributed by atoms with van der Waals surface area (Å²) in [4.78, 5) is 12.9. The van der Waals surface area contributed by atoms with Gasteiger partial charge in [0.05, 0.1) is 7.11 Å². The Morgan fingerprint density at radius 2 is 1.94 bits per heavy atom. The summed E-state index contributed by atoms with van der Waals surface area (Å²) in [6.45, 7) is 2.39. The van der Waals surface area contributed by atoms with Crippen molar-refractivity contribution in [2.24, 2.45) is 17.3 Å². The van der Waals surface area contributed by atoms with Gasteiger partial charge in [-0.15, -0.1) is 0 Å². The molecule has 2 aromatic carbocycles. The molecule has 3 aliphatic carbocycles. The van der Waals surface area contributed by atoms with Crippen LogP contribution in [-0.4, -0.2) is 24.2 Å². The smallest absolute Gasteiger partial charge is 0.251 e. The molecule has 0 aliphatic heterocycles. The van der Waals surface area contributed by atoms with E-state index in [1.54, 1.807) is 31.4 Å². The van der Waals surface area contributed by atoms with E-state index in [2.05, 4.69) is 18.3 Å². The second-order valence-electron chi connectivity index (χ2n) is 9.79. The second-order valence-corrected chi connectivity index (χ2v) is 10.2. The quantitative estimate of drug-likeness (QED) is 0.644. The molecular weight excluding hydrogens is 410 g/mol. The maximum Gasteiger partial charge on any atom is 0.251 e. The van der Waals surface area contributed by atoms with Crippen molar-refractivity contribution in [3.63, 3.8) is 0 Å². The number of rotatable bonds is 3. The van der Waals surface area contributed by atoms with E-state index in [9.17, 15) is 9.90 Å². The van der Waals surface area contributed by atoms with Crippen LogP contribution in [0, 0.1) is 17.3 Å². The molecule has 5 heteroatoms. The molecule has 2 fully saturated rings. The Morgan fingerprint density at radius 1 is 1.16 bits per heavy atom. The monoisotopic (exact) mass is 439 g/mol. The largest absolute Gasteiger partial charge is 0.504 e. The Kier molecular flexibility index (Phi) is 5.16. The number of benzene rings is 2. The summed E-state index contributed by atoms with van der Waals surface area (Å²) >= 11 is 5.97. The minimum Gasteiger partial charge on any atom is -0.504 e. The lowest BCUT2D eigenvalue weighted by Crippen LogP contribution is -2.50. The van der Waals surface area contributed by atoms with Crippen LogP contribution < -0.4 is 10.1 Å². The highest BCUT2D eigenvalue weighted by atomic mass is 35.5. The van der Waals surface area contributed by atoms with Gasteiger partial charge in [0.2, 0.25) is 0 Å². The van der Waals surface area contributed by atoms with Crippen molar-refractivity contribution in [3.05, 3.63) is 58.1 Å². The number of aryl methyl sites for hydroxylation is 1. The molecule has 2 N–H and O–H groups in total. The summed E-state index contributed by atoms with van der Waals surface area (Å²) in [6.07, 6.45) is 6.58. The summed E-state index contributed by atoms with van der Waals surface area (Å²) < 4.78 is 5.40. The maximum absolute atomic E-state index is 12.9. The number of phenols is 1. The van der Waals surface area contributed by atoms with Crippen molar-refractivity contribution in [1.82, 2.24) is 5.32 Å². The van der Waals surface area contributed by atoms with Crippen LogP contribution in [0.3, 0.4) is 0 Å². The lowest BCUT2D eigenvalue weighted by Gasteiger charge is -2.51. The number of nitrogens with one attached hydrogen (secondary N) is 1. The lowest BCUT2D eigenvalue weighted by atomic mass is 9.55. The molecule has 164 valence electrons. The van der Waals surface area contributed by atoms with Gasteiger partial charge in [-0.25, -0.2) is 0 Å². The molecule has 0 radical (unpaired) electrons. The van der Waals surface area contributed by atoms with Crippen LogP contribution in [0.4, 0.5) is 0 Å². The van der Waals surface area contributed by atoms with Gasteiger partial charge < -0.3 is 15.2 Å². The third-order valence-corrected chi connectivity index (χ3v) is 8.69. The van der Waals surface area contributed by atoms with Crippen LogP contribution >= 0.6 is 11.6 Å². The molecule has 1 amide bonds. The highest BCUT2D eigenvalue weighted by molar-refractivity contribution is 6.30. The third kappa shape index (κ3) is 3.40. The fourth-order valence-electron chi connectivity index (χ4n) is 6.83. The van der Waals surface area contributed by atoms with E-state index in [0.29, 0.717) is 34.1 Å². The summed E-state index contributed by atoms with van der Waals surface area (Å²) in [5.41, 5.74) is 3.43. The van der Waals surface area contributed by atoms with E-state index in [0.717, 1.165) is 38.5 Å². The summed E-state index contributed by atoms with van der Waals surface area (Å²) in [5.74, 6) is 2.56. The van der Waals surface area contributed by atoms with Crippen molar-refractivity contribution in [2.45, 2.75) is 57.4 Å². The highest BCUT2D eigenvalue weighted by Gasteiger charge is 2.55. The average Bonchev–Trinajstić information content (AvgIpc) is 3.09. The number of fused-ring (bicyclic) bond motifs is 5. The number of methoxy groups -OCH3 is 1. The Hall–Kier alpha value is -2.20. The van der Waals surface area contributed by atoms with Crippen LogP contribution in [0.15, 0.2) is 36.4 Å². The van der Waals surface area contributed by atoms with E-state index < -0.39 is 0 Å². The SMILES string of the molecule is COc1cc2c(cc1O)CCC1C2CC[C@@]2(C)C1CC[C@@H]2NC(=O)c1ccc(Cl)cc1. The topological polar surface area (TPSA) is 58.6 Å². The molecule has 5 atom stereocenters. The van der Waals surface area contributed by atoms with Crippen molar-refractivity contribution < 1.29 is 14.6 Å². The molecule has 4 nitrogen and oxygen atoms in total. The first-order valence-electron chi connectivity index (χ1n) is 11.4. The molecule has 5 rings (SSSR count). The lowest BCUT2D eigenvalue weighted by molar-refractivity contribution is 0.0393. The van der Waals surface area contributed by atoms with Crippen molar-refractivity contribution in [2.75, 3.05) is 7.11 Å². The fourth-order valence-corrected chi connectivity index (χ4v) is 6.96. The third-order valence-electron chi connectivity index (χ3n) is 8.44. The van der Waals surface area contributed by atoms with Crippen LogP contribution in [0.1, 0.15) is 66.4 Å². The Bertz CT molecular complexity index is 1000. The number of hydrogen-bond donors (Lipinski definition) is 2. The molecule has 0 heterocycles. The fraction of sp³-hybridized carbons (Fsp3) is 0.500. The summed E-state index contributed by atoms with van der Waals surface area (Å²) in [5, 5.41) is 14.2. The Labute approximate surface area is 189 Å². The molecule has 2 saturated carbocycles. The van der Waals surface area contributed by atoms with Gasteiger partial charge in [-0.2, -0.15) is 0 Å². The first kappa shape index (κ1) is 20.7. The van der Waals surface area contributed by atoms with Gasteiger partial charge in [0.1, 0.15) is 0 Å². The molecule has 3 aliphatic rings. The number of carbonyl (C=O) groups excluding carboxylic acids is 1. The van der Waals surface area contributed by atoms with Crippen molar-refractivity contribution in [1.29, 1.82) is 0 Å². The van der Waals surface area contributed by atoms with Gasteiger partial charge in [-0.3, -0.25) is 4.79 Å². The Morgan fingerprint density at radius 3 is 2.68 bits per heavy atom. The second kappa shape index (κ2) is 7.74. The van der Waals surface area contributed by atoms with Crippen LogP contribution in [-0.2, 0) is 6.42 Å². The molecule has 31 heavy (non-hydrogen) atoms. The van der Waals surface area contributed by atoms with Crippen LogP contribution in [0.2, 0.25) is 5.02 Å². The van der Waals surface area contributed by atoms with E-state index in [1.807, 2.05) is 6.07 Å². The number of amides is 1. The first-order chi connectivity index (χ1) is 14.9. The zero-order chi connectivity index (χ0) is 21.8. The number of aromatic hydroxyl groups is 1. The van der Waals surface area contributed by atoms with Crippen molar-refractivity contribution >= 4 is 17.5 Å². The minimum absolute atomic E-state index is 0.000124. The van der Waals surface area contributed by atoms with Gasteiger partial charge in [-0.1, -0.05) is 18.5 Å².